The fraction of sp³-hybridized carbons (Fsp3) is 0.783. The van der Waals surface area contributed by atoms with Gasteiger partial charge in [-0.05, 0) is 32.6 Å². The monoisotopic (exact) mass is 434 g/mol. The van der Waals surface area contributed by atoms with Crippen LogP contribution >= 0.6 is 0 Å². The first kappa shape index (κ1) is 23.6. The third-order valence-electron chi connectivity index (χ3n) is 6.67. The van der Waals surface area contributed by atoms with Crippen LogP contribution in [0.5, 0.6) is 0 Å². The van der Waals surface area contributed by atoms with Gasteiger partial charge in [0.05, 0.1) is 18.7 Å². The van der Waals surface area contributed by atoms with Crippen molar-refractivity contribution in [2.45, 2.75) is 89.8 Å². The molecule has 3 heterocycles. The molecule has 2 amide bonds. The zero-order chi connectivity index (χ0) is 22.5. The number of unbranched alkanes of at least 4 members (excludes halogenated alkanes) is 2. The molecule has 0 spiro atoms. The molecule has 0 radical (unpaired) electrons. The maximum absolute atomic E-state index is 13.3. The van der Waals surface area contributed by atoms with Crippen LogP contribution in [0.4, 0.5) is 0 Å². The number of nitrogens with one attached hydrogen (secondary N) is 1. The van der Waals surface area contributed by atoms with Gasteiger partial charge in [0.1, 0.15) is 6.10 Å². The summed E-state index contributed by atoms with van der Waals surface area (Å²) in [5.41, 5.74) is 0. The van der Waals surface area contributed by atoms with Crippen molar-refractivity contribution in [2.75, 3.05) is 13.2 Å². The Morgan fingerprint density at radius 3 is 2.52 bits per heavy atom. The van der Waals surface area contributed by atoms with Crippen molar-refractivity contribution in [1.82, 2.24) is 10.2 Å². The van der Waals surface area contributed by atoms with Crippen molar-refractivity contribution in [2.24, 2.45) is 11.8 Å². The summed E-state index contributed by atoms with van der Waals surface area (Å²) in [6, 6.07) is -1.18. The van der Waals surface area contributed by atoms with E-state index in [1.165, 1.54) is 0 Å². The van der Waals surface area contributed by atoms with Crippen LogP contribution in [0, 0.1) is 11.8 Å². The van der Waals surface area contributed by atoms with Gasteiger partial charge in [0.15, 0.2) is 17.3 Å². The summed E-state index contributed by atoms with van der Waals surface area (Å²) in [6.45, 7) is 4.36. The van der Waals surface area contributed by atoms with Crippen LogP contribution in [0.1, 0.15) is 71.6 Å². The van der Waals surface area contributed by atoms with Crippen molar-refractivity contribution < 1.29 is 28.7 Å². The highest BCUT2D eigenvalue weighted by molar-refractivity contribution is 5.97. The average Bonchev–Trinajstić information content (AvgIpc) is 3.47. The molecular weight excluding hydrogens is 400 g/mol. The predicted octanol–water partition coefficient (Wildman–Crippen LogP) is 1.58. The molecule has 0 aromatic rings. The predicted molar refractivity (Wildman–Crippen MR) is 112 cm³/mol. The van der Waals surface area contributed by atoms with Crippen LogP contribution in [0.3, 0.4) is 0 Å². The van der Waals surface area contributed by atoms with E-state index in [0.29, 0.717) is 32.4 Å². The minimum absolute atomic E-state index is 0.0565. The summed E-state index contributed by atoms with van der Waals surface area (Å²) in [5.74, 6) is -1.56. The molecule has 0 aromatic heterocycles. The maximum atomic E-state index is 13.3. The van der Waals surface area contributed by atoms with Crippen molar-refractivity contribution in [3.05, 3.63) is 0 Å². The normalized spacial score (nSPS) is 32.2. The Balaban J connectivity index is 1.65. The Labute approximate surface area is 183 Å². The Kier molecular flexibility index (Phi) is 7.97. The molecule has 8 heteroatoms. The SMILES string of the molecule is CC1CC(=O)C2CCCN2C(=O)C(CCCCCC(=O)C2CO2)CC(=O)C(C)NC1=O. The summed E-state index contributed by atoms with van der Waals surface area (Å²) in [4.78, 5) is 64.6. The van der Waals surface area contributed by atoms with Gasteiger partial charge in [-0.1, -0.05) is 19.8 Å². The third-order valence-corrected chi connectivity index (χ3v) is 6.67. The van der Waals surface area contributed by atoms with E-state index in [-0.39, 0.29) is 48.1 Å². The number of epoxide rings is 1. The van der Waals surface area contributed by atoms with E-state index in [4.69, 9.17) is 4.74 Å². The lowest BCUT2D eigenvalue weighted by atomic mass is 9.90. The fourth-order valence-electron chi connectivity index (χ4n) is 4.56. The minimum Gasteiger partial charge on any atom is -0.365 e. The first-order valence-electron chi connectivity index (χ1n) is 11.6. The number of hydrogen-bond acceptors (Lipinski definition) is 6. The van der Waals surface area contributed by atoms with E-state index in [9.17, 15) is 24.0 Å². The number of carbonyl (C=O) groups is 5. The zero-order valence-corrected chi connectivity index (χ0v) is 18.6. The van der Waals surface area contributed by atoms with Crippen LogP contribution in [-0.4, -0.2) is 65.4 Å². The molecule has 0 aromatic carbocycles. The number of ketones is 3. The van der Waals surface area contributed by atoms with Crippen LogP contribution in [0.2, 0.25) is 0 Å². The van der Waals surface area contributed by atoms with E-state index in [0.717, 1.165) is 25.7 Å². The molecule has 3 fully saturated rings. The molecule has 3 saturated heterocycles. The van der Waals surface area contributed by atoms with Crippen molar-refractivity contribution in [3.63, 3.8) is 0 Å². The van der Waals surface area contributed by atoms with Gasteiger partial charge >= 0.3 is 0 Å². The molecule has 1 N–H and O–H groups in total. The second-order valence-electron chi connectivity index (χ2n) is 9.25. The van der Waals surface area contributed by atoms with E-state index in [1.54, 1.807) is 18.7 Å². The number of fused-ring (bicyclic) bond motifs is 1. The first-order valence-corrected chi connectivity index (χ1v) is 11.6. The molecule has 3 aliphatic rings. The lowest BCUT2D eigenvalue weighted by Gasteiger charge is -2.30. The van der Waals surface area contributed by atoms with E-state index in [1.807, 2.05) is 0 Å². The lowest BCUT2D eigenvalue weighted by Crippen LogP contribution is -2.48. The standard InChI is InChI=1S/C23H34N2O6/c1-14-11-20(28)17-8-6-10-25(17)23(30)16(12-19(27)15(2)24-22(14)29)7-4-3-5-9-18(26)21-13-31-21/h14-17,21H,3-13H2,1-2H3,(H,24,29). The van der Waals surface area contributed by atoms with E-state index >= 15 is 0 Å². The van der Waals surface area contributed by atoms with Crippen molar-refractivity contribution in [1.29, 1.82) is 0 Å². The van der Waals surface area contributed by atoms with Gasteiger partial charge in [0.2, 0.25) is 11.8 Å². The Hall–Kier alpha value is -2.09. The van der Waals surface area contributed by atoms with E-state index in [2.05, 4.69) is 5.32 Å². The minimum atomic E-state index is -0.690. The number of nitrogens with zero attached hydrogens (tertiary/aromatic N) is 1. The number of amides is 2. The van der Waals surface area contributed by atoms with Crippen LogP contribution in [0.15, 0.2) is 0 Å². The Morgan fingerprint density at radius 1 is 1.06 bits per heavy atom. The van der Waals surface area contributed by atoms with Gasteiger partial charge in [-0.2, -0.15) is 0 Å². The van der Waals surface area contributed by atoms with Crippen molar-refractivity contribution >= 4 is 29.2 Å². The van der Waals surface area contributed by atoms with E-state index < -0.39 is 23.9 Å². The molecule has 8 nitrogen and oxygen atoms in total. The topological polar surface area (TPSA) is 113 Å². The van der Waals surface area contributed by atoms with Gasteiger partial charge in [-0.15, -0.1) is 0 Å². The largest absolute Gasteiger partial charge is 0.365 e. The third kappa shape index (κ3) is 6.21. The van der Waals surface area contributed by atoms with Crippen LogP contribution in [0.25, 0.3) is 0 Å². The Bertz CT molecular complexity index is 732. The van der Waals surface area contributed by atoms with Crippen LogP contribution in [-0.2, 0) is 28.7 Å². The summed E-state index contributed by atoms with van der Waals surface area (Å²) >= 11 is 0. The highest BCUT2D eigenvalue weighted by atomic mass is 16.6. The molecule has 31 heavy (non-hydrogen) atoms. The number of ether oxygens (including phenoxy) is 1. The van der Waals surface area contributed by atoms with Crippen LogP contribution < -0.4 is 5.32 Å². The highest BCUT2D eigenvalue weighted by Gasteiger charge is 2.39. The summed E-state index contributed by atoms with van der Waals surface area (Å²) < 4.78 is 4.99. The molecule has 0 aliphatic carbocycles. The fourth-order valence-corrected chi connectivity index (χ4v) is 4.56. The Morgan fingerprint density at radius 2 is 1.81 bits per heavy atom. The second-order valence-corrected chi connectivity index (χ2v) is 9.25. The first-order chi connectivity index (χ1) is 14.8. The summed E-state index contributed by atoms with van der Waals surface area (Å²) in [6.07, 6.45) is 4.56. The van der Waals surface area contributed by atoms with Gasteiger partial charge in [-0.25, -0.2) is 0 Å². The van der Waals surface area contributed by atoms with Gasteiger partial charge in [-0.3, -0.25) is 24.0 Å². The number of rotatable bonds is 7. The summed E-state index contributed by atoms with van der Waals surface area (Å²) in [7, 11) is 0. The summed E-state index contributed by atoms with van der Waals surface area (Å²) in [5, 5.41) is 2.70. The second kappa shape index (κ2) is 10.5. The lowest BCUT2D eigenvalue weighted by molar-refractivity contribution is -0.144. The smallest absolute Gasteiger partial charge is 0.226 e. The quantitative estimate of drug-likeness (QED) is 0.481. The highest BCUT2D eigenvalue weighted by Crippen LogP contribution is 2.27. The van der Waals surface area contributed by atoms with Gasteiger partial charge in [0.25, 0.3) is 0 Å². The molecule has 0 saturated carbocycles. The molecule has 172 valence electrons. The van der Waals surface area contributed by atoms with Gasteiger partial charge < -0.3 is 15.0 Å². The zero-order valence-electron chi connectivity index (χ0n) is 18.6. The molecule has 5 unspecified atom stereocenters. The maximum Gasteiger partial charge on any atom is 0.226 e. The molecule has 3 rings (SSSR count). The molecule has 0 bridgehead atoms. The number of hydrogen-bond donors (Lipinski definition) is 1. The van der Waals surface area contributed by atoms with Crippen molar-refractivity contribution in [3.8, 4) is 0 Å². The molecular formula is C23H34N2O6. The average molecular weight is 435 g/mol. The molecule has 3 aliphatic heterocycles. The molecule has 5 atom stereocenters. The number of Topliss-reactive ketones (excluding diaryl/α,β-unsaturated/α-hetero) is 3. The van der Waals surface area contributed by atoms with Gasteiger partial charge in [0, 0.05) is 37.6 Å². The number of carbonyl (C=O) groups excluding carboxylic acids is 5.